The molecular weight excluding hydrogens is 244 g/mol. The zero-order valence-electron chi connectivity index (χ0n) is 11.1. The molecule has 0 aliphatic carbocycles. The first kappa shape index (κ1) is 14.8. The van der Waals surface area contributed by atoms with Gasteiger partial charge in [-0.25, -0.2) is 0 Å². The van der Waals surface area contributed by atoms with Gasteiger partial charge in [-0.15, -0.1) is 0 Å². The minimum atomic E-state index is -0.175. The fourth-order valence-corrected chi connectivity index (χ4v) is 1.46. The number of benzene rings is 1. The number of amides is 1. The van der Waals surface area contributed by atoms with Gasteiger partial charge in [0.1, 0.15) is 18.6 Å². The minimum Gasteiger partial charge on any atom is -0.491 e. The van der Waals surface area contributed by atoms with Gasteiger partial charge in [-0.1, -0.05) is 0 Å². The second kappa shape index (κ2) is 7.92. The number of nitrogens with one attached hydrogen (secondary N) is 2. The molecule has 0 saturated heterocycles. The number of carbonyl (C=O) groups is 2. The first-order valence-electron chi connectivity index (χ1n) is 5.97. The van der Waals surface area contributed by atoms with Crippen LogP contribution in [0, 0.1) is 6.92 Å². The summed E-state index contributed by atoms with van der Waals surface area (Å²) in [4.78, 5) is 21.8. The van der Waals surface area contributed by atoms with Gasteiger partial charge in [0.25, 0.3) is 0 Å². The van der Waals surface area contributed by atoms with E-state index >= 15 is 0 Å². The van der Waals surface area contributed by atoms with Gasteiger partial charge in [-0.05, 0) is 30.7 Å². The van der Waals surface area contributed by atoms with E-state index in [0.29, 0.717) is 24.5 Å². The highest BCUT2D eigenvalue weighted by Crippen LogP contribution is 2.17. The zero-order valence-corrected chi connectivity index (χ0v) is 11.1. The van der Waals surface area contributed by atoms with Crippen LogP contribution in [0.5, 0.6) is 5.75 Å². The Bertz CT molecular complexity index is 470. The van der Waals surface area contributed by atoms with Crippen molar-refractivity contribution in [3.63, 3.8) is 0 Å². The molecule has 0 heterocycles. The van der Waals surface area contributed by atoms with Gasteiger partial charge in [-0.3, -0.25) is 9.59 Å². The molecule has 1 rings (SSSR count). The molecular formula is C14H18N2O3. The Morgan fingerprint density at radius 1 is 1.42 bits per heavy atom. The van der Waals surface area contributed by atoms with Crippen molar-refractivity contribution in [2.75, 3.05) is 20.2 Å². The molecule has 5 nitrogen and oxygen atoms in total. The minimum absolute atomic E-state index is 0.175. The lowest BCUT2D eigenvalue weighted by Crippen LogP contribution is -2.26. The quantitative estimate of drug-likeness (QED) is 0.437. The lowest BCUT2D eigenvalue weighted by Gasteiger charge is -2.09. The van der Waals surface area contributed by atoms with Crippen LogP contribution in [0.3, 0.4) is 0 Å². The van der Waals surface area contributed by atoms with Crippen molar-refractivity contribution in [1.29, 1.82) is 0 Å². The van der Waals surface area contributed by atoms with Gasteiger partial charge in [0.05, 0.1) is 6.54 Å². The molecule has 1 amide bonds. The van der Waals surface area contributed by atoms with E-state index in [2.05, 4.69) is 10.6 Å². The fourth-order valence-electron chi connectivity index (χ4n) is 1.46. The Kier molecular flexibility index (Phi) is 6.15. The van der Waals surface area contributed by atoms with Crippen molar-refractivity contribution >= 4 is 12.2 Å². The number of rotatable bonds is 7. The third-order valence-corrected chi connectivity index (χ3v) is 2.40. The summed E-state index contributed by atoms with van der Waals surface area (Å²) in [6.45, 7) is 2.67. The Morgan fingerprint density at radius 2 is 2.21 bits per heavy atom. The van der Waals surface area contributed by atoms with Crippen molar-refractivity contribution < 1.29 is 14.3 Å². The van der Waals surface area contributed by atoms with Gasteiger partial charge < -0.3 is 15.4 Å². The summed E-state index contributed by atoms with van der Waals surface area (Å²) in [6.07, 6.45) is 3.76. The first-order valence-corrected chi connectivity index (χ1v) is 5.97. The molecule has 0 radical (unpaired) electrons. The number of hydrogen-bond acceptors (Lipinski definition) is 4. The van der Waals surface area contributed by atoms with Crippen LogP contribution in [0.4, 0.5) is 0 Å². The number of ether oxygens (including phenoxy) is 1. The van der Waals surface area contributed by atoms with E-state index < -0.39 is 0 Å². The van der Waals surface area contributed by atoms with E-state index in [-0.39, 0.29) is 5.91 Å². The summed E-state index contributed by atoms with van der Waals surface area (Å²) in [6, 6.07) is 5.21. The predicted molar refractivity (Wildman–Crippen MR) is 73.3 cm³/mol. The molecule has 0 aliphatic rings. The first-order chi connectivity index (χ1) is 9.17. The van der Waals surface area contributed by atoms with Crippen LogP contribution in [0.1, 0.15) is 15.9 Å². The summed E-state index contributed by atoms with van der Waals surface area (Å²) >= 11 is 0. The molecule has 1 aromatic rings. The second-order valence-electron chi connectivity index (χ2n) is 3.90. The maximum atomic E-state index is 11.2. The monoisotopic (exact) mass is 262 g/mol. The molecule has 0 aromatic heterocycles. The van der Waals surface area contributed by atoms with Crippen LogP contribution >= 0.6 is 0 Å². The smallest absolute Gasteiger partial charge is 0.245 e. The van der Waals surface area contributed by atoms with E-state index in [0.717, 1.165) is 11.8 Å². The Hall–Kier alpha value is -2.30. The van der Waals surface area contributed by atoms with Gasteiger partial charge >= 0.3 is 0 Å². The standard InChI is InChI=1S/C14H18N2O3/c1-11-9-12(10-17)3-4-13(11)19-8-7-16-14(18)5-6-15-2/h3-6,9-10,15H,7-8H2,1-2H3,(H,16,18)/b6-5-. The molecule has 2 N–H and O–H groups in total. The van der Waals surface area contributed by atoms with Crippen LogP contribution in [0.2, 0.25) is 0 Å². The van der Waals surface area contributed by atoms with Gasteiger partial charge in [0.2, 0.25) is 5.91 Å². The summed E-state index contributed by atoms with van der Waals surface area (Å²) in [5.41, 5.74) is 1.52. The molecule has 0 bridgehead atoms. The van der Waals surface area contributed by atoms with Gasteiger partial charge in [-0.2, -0.15) is 0 Å². The van der Waals surface area contributed by atoms with Gasteiger partial charge in [0, 0.05) is 24.9 Å². The summed E-state index contributed by atoms with van der Waals surface area (Å²) in [5.74, 6) is 0.539. The van der Waals surface area contributed by atoms with Crippen LogP contribution < -0.4 is 15.4 Å². The summed E-state index contributed by atoms with van der Waals surface area (Å²) in [5, 5.41) is 5.41. The van der Waals surface area contributed by atoms with Crippen molar-refractivity contribution in [2.45, 2.75) is 6.92 Å². The van der Waals surface area contributed by atoms with Crippen LogP contribution in [0.25, 0.3) is 0 Å². The molecule has 0 saturated carbocycles. The van der Waals surface area contributed by atoms with Crippen molar-refractivity contribution in [3.05, 3.63) is 41.6 Å². The molecule has 0 unspecified atom stereocenters. The molecule has 5 heteroatoms. The van der Waals surface area contributed by atoms with E-state index in [9.17, 15) is 9.59 Å². The number of carbonyl (C=O) groups excluding carboxylic acids is 2. The summed E-state index contributed by atoms with van der Waals surface area (Å²) < 4.78 is 5.52. The highest BCUT2D eigenvalue weighted by molar-refractivity contribution is 5.87. The largest absolute Gasteiger partial charge is 0.491 e. The van der Waals surface area contributed by atoms with E-state index in [1.54, 1.807) is 31.4 Å². The predicted octanol–water partition coefficient (Wildman–Crippen LogP) is 1.04. The van der Waals surface area contributed by atoms with E-state index in [1.165, 1.54) is 6.08 Å². The highest BCUT2D eigenvalue weighted by Gasteiger charge is 2.01. The maximum Gasteiger partial charge on any atom is 0.245 e. The molecule has 19 heavy (non-hydrogen) atoms. The fraction of sp³-hybridized carbons (Fsp3) is 0.286. The third-order valence-electron chi connectivity index (χ3n) is 2.40. The molecule has 1 aromatic carbocycles. The number of aldehydes is 1. The van der Waals surface area contributed by atoms with Crippen LogP contribution in [-0.4, -0.2) is 32.4 Å². The molecule has 102 valence electrons. The molecule has 0 spiro atoms. The Labute approximate surface area is 112 Å². The van der Waals surface area contributed by atoms with Crippen molar-refractivity contribution in [2.24, 2.45) is 0 Å². The SMILES string of the molecule is CN/C=C\C(=O)NCCOc1ccc(C=O)cc1C. The van der Waals surface area contributed by atoms with Gasteiger partial charge in [0.15, 0.2) is 0 Å². The molecule has 0 fully saturated rings. The normalized spacial score (nSPS) is 10.2. The maximum absolute atomic E-state index is 11.2. The molecule has 0 atom stereocenters. The van der Waals surface area contributed by atoms with Crippen molar-refractivity contribution in [3.8, 4) is 5.75 Å². The average molecular weight is 262 g/mol. The lowest BCUT2D eigenvalue weighted by atomic mass is 10.1. The Balaban J connectivity index is 2.35. The van der Waals surface area contributed by atoms with E-state index in [4.69, 9.17) is 4.74 Å². The zero-order chi connectivity index (χ0) is 14.1. The number of hydrogen-bond donors (Lipinski definition) is 2. The van der Waals surface area contributed by atoms with Crippen LogP contribution in [0.15, 0.2) is 30.5 Å². The second-order valence-corrected chi connectivity index (χ2v) is 3.90. The van der Waals surface area contributed by atoms with E-state index in [1.807, 2.05) is 6.92 Å². The highest BCUT2D eigenvalue weighted by atomic mass is 16.5. The van der Waals surface area contributed by atoms with Crippen LogP contribution in [-0.2, 0) is 4.79 Å². The topological polar surface area (TPSA) is 67.4 Å². The lowest BCUT2D eigenvalue weighted by molar-refractivity contribution is -0.116. The number of aryl methyl sites for hydroxylation is 1. The summed E-state index contributed by atoms with van der Waals surface area (Å²) in [7, 11) is 1.72. The Morgan fingerprint density at radius 3 is 2.84 bits per heavy atom. The molecule has 0 aliphatic heterocycles. The average Bonchev–Trinajstić information content (AvgIpc) is 2.42. The third kappa shape index (κ3) is 5.25. The van der Waals surface area contributed by atoms with Crippen molar-refractivity contribution in [1.82, 2.24) is 10.6 Å².